The number of hydrogen-bond acceptors (Lipinski definition) is 3. The summed E-state index contributed by atoms with van der Waals surface area (Å²) < 4.78 is 0. The number of fused-ring (bicyclic) bond motifs is 1. The molecular weight excluding hydrogens is 702 g/mol. The van der Waals surface area contributed by atoms with Crippen LogP contribution in [0, 0.1) is 13.8 Å². The number of rotatable bonds is 2. The van der Waals surface area contributed by atoms with E-state index in [-0.39, 0.29) is 12.3 Å². The van der Waals surface area contributed by atoms with E-state index >= 15 is 0 Å². The topological polar surface area (TPSA) is 37.8 Å². The van der Waals surface area contributed by atoms with Crippen LogP contribution in [0.4, 0.5) is 11.5 Å². The molecule has 3 rings (SSSR count). The molecule has 0 unspecified atom stereocenters. The first-order valence-electron chi connectivity index (χ1n) is 7.79. The summed E-state index contributed by atoms with van der Waals surface area (Å²) in [6.07, 6.45) is 1.60. The number of hydrogen-bond donors (Lipinski definition) is 1. The molecule has 0 saturated heterocycles. The molecule has 0 bridgehead atoms. The maximum atomic E-state index is 4.35. The van der Waals surface area contributed by atoms with E-state index in [4.69, 9.17) is 0 Å². The molecule has 7 heteroatoms. The Balaban J connectivity index is 0.000000795. The Labute approximate surface area is 195 Å². The monoisotopic (exact) mass is 727 g/mol. The zero-order valence-corrected chi connectivity index (χ0v) is 22.5. The van der Waals surface area contributed by atoms with Gasteiger partial charge in [-0.15, -0.1) is 0 Å². The molecule has 0 aliphatic carbocycles. The van der Waals surface area contributed by atoms with Gasteiger partial charge in [-0.1, -0.05) is 39.5 Å². The summed E-state index contributed by atoms with van der Waals surface area (Å²) in [5, 5.41) is 4.39. The van der Waals surface area contributed by atoms with Crippen molar-refractivity contribution in [3.05, 3.63) is 59.9 Å². The predicted molar refractivity (Wildman–Crippen MR) is 139 cm³/mol. The van der Waals surface area contributed by atoms with E-state index in [1.54, 1.807) is 6.33 Å². The van der Waals surface area contributed by atoms with Crippen LogP contribution in [0.3, 0.4) is 0 Å². The van der Waals surface area contributed by atoms with Gasteiger partial charge in [-0.2, -0.15) is 0 Å². The second-order valence-corrected chi connectivity index (χ2v) is 40.2. The van der Waals surface area contributed by atoms with Crippen LogP contribution in [0.15, 0.2) is 48.8 Å². The van der Waals surface area contributed by atoms with Crippen molar-refractivity contribution in [2.45, 2.75) is 35.1 Å². The van der Waals surface area contributed by atoms with Gasteiger partial charge in [0.25, 0.3) is 0 Å². The van der Waals surface area contributed by atoms with Crippen LogP contribution in [-0.2, 0) is 4.92 Å². The third kappa shape index (κ3) is 9.03. The molecule has 0 saturated carbocycles. The summed E-state index contributed by atoms with van der Waals surface area (Å²) >= 11 is 7.39. The van der Waals surface area contributed by atoms with Crippen LogP contribution >= 0.6 is 59.9 Å². The van der Waals surface area contributed by atoms with Gasteiger partial charge >= 0.3 is 64.9 Å². The van der Waals surface area contributed by atoms with Gasteiger partial charge in [-0.25, -0.2) is 9.97 Å². The van der Waals surface area contributed by atoms with Crippen molar-refractivity contribution < 1.29 is 4.92 Å². The van der Waals surface area contributed by atoms with Gasteiger partial charge in [-0.3, -0.25) is 0 Å². The first-order chi connectivity index (χ1) is 12.0. The molecule has 0 aliphatic rings. The van der Waals surface area contributed by atoms with Crippen molar-refractivity contribution in [3.63, 3.8) is 0 Å². The fraction of sp³-hybridized carbons (Fsp3) is 0.263. The van der Waals surface area contributed by atoms with Gasteiger partial charge in [0.15, 0.2) is 0 Å². The molecule has 0 aliphatic heterocycles. The number of aromatic nitrogens is 2. The predicted octanol–water partition coefficient (Wildman–Crippen LogP) is 8.31. The summed E-state index contributed by atoms with van der Waals surface area (Å²) in [7, 11) is 0. The fourth-order valence-electron chi connectivity index (χ4n) is 2.07. The molecule has 0 radical (unpaired) electrons. The number of anilines is 2. The molecule has 3 aromatic rings. The number of nitrogens with one attached hydrogen (secondary N) is 1. The Kier molecular flexibility index (Phi) is 14.6. The van der Waals surface area contributed by atoms with Gasteiger partial charge in [0.1, 0.15) is 12.1 Å². The summed E-state index contributed by atoms with van der Waals surface area (Å²) in [5.74, 6) is 0.847. The third-order valence-electron chi connectivity index (χ3n) is 3.29. The molecule has 0 fully saturated rings. The first kappa shape index (κ1) is 26.4. The molecule has 3 nitrogen and oxygen atoms in total. The van der Waals surface area contributed by atoms with Crippen molar-refractivity contribution in [2.24, 2.45) is 0 Å². The Morgan fingerprint density at radius 2 is 1.42 bits per heavy atom. The number of aryl methyl sites for hydroxylation is 2. The van der Waals surface area contributed by atoms with Crippen molar-refractivity contribution in [1.29, 1.82) is 0 Å². The number of para-hydroxylation sites is 1. The first-order valence-corrected chi connectivity index (χ1v) is 21.3. The second kappa shape index (κ2) is 14.4. The van der Waals surface area contributed by atoms with E-state index in [1.807, 2.05) is 44.2 Å². The Hall–Kier alpha value is 0.354. The quantitative estimate of drug-likeness (QED) is 0.270. The van der Waals surface area contributed by atoms with Crippen LogP contribution < -0.4 is 5.32 Å². The van der Waals surface area contributed by atoms with Gasteiger partial charge in [0.05, 0.1) is 5.52 Å². The normalized spacial score (nSPS) is 9.38. The van der Waals surface area contributed by atoms with Crippen molar-refractivity contribution in [1.82, 2.24) is 9.97 Å². The minimum absolute atomic E-state index is 0. The van der Waals surface area contributed by atoms with E-state index in [9.17, 15) is 0 Å². The molecule has 0 amide bonds. The van der Waals surface area contributed by atoms with Gasteiger partial charge in [0, 0.05) is 11.1 Å². The molecule has 1 N–H and O–H groups in total. The standard InChI is InChI=1S/C16H15N3.C2H6.CH4.3HI.V/c1-11-8-14-15(9-12(11)2)17-10-18-16(14)19-13-6-4-3-5-7-13;1-2;;;;;/h3-10H,1-2H3,(H,17,18,19);1-2H3;1H4;3*1H;/q;;;;;;+3/p-3. The van der Waals surface area contributed by atoms with Crippen LogP contribution in [0.5, 0.6) is 0 Å². The van der Waals surface area contributed by atoms with Crippen LogP contribution in [-0.4, -0.2) is 9.97 Å². The molecule has 142 valence electrons. The SMILES string of the molecule is C.CC.Cc1cc2ncnc(Nc3ccccc3)c2cc1C.[I][V]([I])[I]. The van der Waals surface area contributed by atoms with Gasteiger partial charge < -0.3 is 5.32 Å². The number of halogens is 3. The average molecular weight is 727 g/mol. The molecule has 0 atom stereocenters. The van der Waals surface area contributed by atoms with Crippen molar-refractivity contribution >= 4 is 82.3 Å². The van der Waals surface area contributed by atoms with E-state index in [0.717, 1.165) is 22.4 Å². The second-order valence-electron chi connectivity index (χ2n) is 4.86. The Morgan fingerprint density at radius 3 is 2.00 bits per heavy atom. The minimum atomic E-state index is -0.278. The molecular formula is C19H25I3N3V. The molecule has 0 spiro atoms. The van der Waals surface area contributed by atoms with Gasteiger partial charge in [-0.05, 0) is 49.2 Å². The third-order valence-corrected chi connectivity index (χ3v) is 3.29. The van der Waals surface area contributed by atoms with E-state index in [0.29, 0.717) is 0 Å². The summed E-state index contributed by atoms with van der Waals surface area (Å²) in [6, 6.07) is 14.3. The van der Waals surface area contributed by atoms with Crippen molar-refractivity contribution in [2.75, 3.05) is 5.32 Å². The van der Waals surface area contributed by atoms with E-state index in [2.05, 4.69) is 101 Å². The van der Waals surface area contributed by atoms with Crippen molar-refractivity contribution in [3.8, 4) is 0 Å². The fourth-order valence-corrected chi connectivity index (χ4v) is 2.07. The zero-order valence-electron chi connectivity index (χ0n) is 14.6. The number of nitrogens with zero attached hydrogens (tertiary/aromatic N) is 2. The number of benzene rings is 2. The van der Waals surface area contributed by atoms with Crippen LogP contribution in [0.25, 0.3) is 10.9 Å². The molecule has 2 aromatic carbocycles. The van der Waals surface area contributed by atoms with E-state index < -0.39 is 0 Å². The molecule has 26 heavy (non-hydrogen) atoms. The molecule has 1 heterocycles. The summed E-state index contributed by atoms with van der Waals surface area (Å²) in [6.45, 7) is 8.20. The Morgan fingerprint density at radius 1 is 0.885 bits per heavy atom. The summed E-state index contributed by atoms with van der Waals surface area (Å²) in [4.78, 5) is 8.41. The maximum absolute atomic E-state index is 4.35. The Bertz CT molecular complexity index is 781. The van der Waals surface area contributed by atoms with Gasteiger partial charge in [0.2, 0.25) is 0 Å². The summed E-state index contributed by atoms with van der Waals surface area (Å²) in [5.41, 5.74) is 4.49. The van der Waals surface area contributed by atoms with E-state index in [1.165, 1.54) is 11.1 Å². The van der Waals surface area contributed by atoms with Crippen LogP contribution in [0.1, 0.15) is 32.4 Å². The zero-order chi connectivity index (χ0) is 18.8. The average Bonchev–Trinajstić information content (AvgIpc) is 2.59. The molecule has 1 aromatic heterocycles. The van der Waals surface area contributed by atoms with Crippen LogP contribution in [0.2, 0.25) is 0 Å².